The van der Waals surface area contributed by atoms with Gasteiger partial charge in [0.05, 0.1) is 11.7 Å². The zero-order chi connectivity index (χ0) is 15.8. The van der Waals surface area contributed by atoms with Crippen LogP contribution in [0.4, 0.5) is 0 Å². The summed E-state index contributed by atoms with van der Waals surface area (Å²) in [4.78, 5) is 12.3. The Hall–Kier alpha value is -1.55. The van der Waals surface area contributed by atoms with E-state index in [1.54, 1.807) is 0 Å². The van der Waals surface area contributed by atoms with Gasteiger partial charge in [0.2, 0.25) is 0 Å². The Morgan fingerprint density at radius 3 is 2.95 bits per heavy atom. The molecule has 1 fully saturated rings. The van der Waals surface area contributed by atoms with Crippen molar-refractivity contribution in [3.8, 4) is 5.75 Å². The van der Waals surface area contributed by atoms with E-state index in [0.29, 0.717) is 30.4 Å². The van der Waals surface area contributed by atoms with Gasteiger partial charge in [0.1, 0.15) is 12.4 Å². The van der Waals surface area contributed by atoms with E-state index in [1.165, 1.54) is 0 Å². The average Bonchev–Trinajstić information content (AvgIpc) is 3.03. The molecule has 1 aromatic rings. The lowest BCUT2D eigenvalue weighted by Crippen LogP contribution is -2.26. The Balaban J connectivity index is 1.84. The van der Waals surface area contributed by atoms with Gasteiger partial charge in [0, 0.05) is 13.2 Å². The van der Waals surface area contributed by atoms with Gasteiger partial charge in [0.25, 0.3) is 5.91 Å². The van der Waals surface area contributed by atoms with Crippen LogP contribution in [-0.4, -0.2) is 31.8 Å². The Labute approximate surface area is 133 Å². The lowest BCUT2D eigenvalue weighted by Gasteiger charge is -2.14. The number of para-hydroxylation sites is 1. The summed E-state index contributed by atoms with van der Waals surface area (Å²) >= 11 is 0. The molecule has 22 heavy (non-hydrogen) atoms. The first-order valence-corrected chi connectivity index (χ1v) is 8.28. The number of ether oxygens (including phenoxy) is 2. The highest BCUT2D eigenvalue weighted by atomic mass is 16.5. The second kappa shape index (κ2) is 8.79. The van der Waals surface area contributed by atoms with Gasteiger partial charge in [0.15, 0.2) is 0 Å². The molecule has 4 nitrogen and oxygen atoms in total. The fraction of sp³-hybridized carbons (Fsp3) is 0.611. The maximum absolute atomic E-state index is 12.3. The van der Waals surface area contributed by atoms with Gasteiger partial charge in [-0.3, -0.25) is 4.79 Å². The standard InChI is InChI=1S/C18H27NO3/c1-14(2)7-5-11-19-18(20)16-9-3-4-10-17(16)22-13-15-8-6-12-21-15/h3-4,9-10,14-15H,5-8,11-13H2,1-2H3,(H,19,20). The molecule has 2 rings (SSSR count). The summed E-state index contributed by atoms with van der Waals surface area (Å²) in [5.74, 6) is 1.24. The number of amides is 1. The molecule has 1 aliphatic rings. The number of rotatable bonds is 8. The van der Waals surface area contributed by atoms with Crippen LogP contribution in [0.5, 0.6) is 5.75 Å². The number of nitrogens with one attached hydrogen (secondary N) is 1. The third-order valence-corrected chi connectivity index (χ3v) is 3.82. The predicted octanol–water partition coefficient (Wildman–Crippen LogP) is 3.41. The third-order valence-electron chi connectivity index (χ3n) is 3.82. The molecular weight excluding hydrogens is 278 g/mol. The van der Waals surface area contributed by atoms with Gasteiger partial charge < -0.3 is 14.8 Å². The second-order valence-corrected chi connectivity index (χ2v) is 6.23. The van der Waals surface area contributed by atoms with Crippen LogP contribution in [0.25, 0.3) is 0 Å². The molecule has 1 heterocycles. The van der Waals surface area contributed by atoms with Crippen LogP contribution in [0.2, 0.25) is 0 Å². The smallest absolute Gasteiger partial charge is 0.255 e. The molecule has 1 saturated heterocycles. The van der Waals surface area contributed by atoms with Crippen LogP contribution >= 0.6 is 0 Å². The first-order chi connectivity index (χ1) is 10.7. The van der Waals surface area contributed by atoms with Gasteiger partial charge in [-0.1, -0.05) is 26.0 Å². The van der Waals surface area contributed by atoms with E-state index in [4.69, 9.17) is 9.47 Å². The second-order valence-electron chi connectivity index (χ2n) is 6.23. The lowest BCUT2D eigenvalue weighted by molar-refractivity contribution is 0.0670. The van der Waals surface area contributed by atoms with Crippen LogP contribution in [0.3, 0.4) is 0 Å². The van der Waals surface area contributed by atoms with E-state index < -0.39 is 0 Å². The fourth-order valence-corrected chi connectivity index (χ4v) is 2.55. The molecule has 122 valence electrons. The first-order valence-electron chi connectivity index (χ1n) is 8.28. The van der Waals surface area contributed by atoms with Crippen molar-refractivity contribution >= 4 is 5.91 Å². The number of carbonyl (C=O) groups is 1. The average molecular weight is 305 g/mol. The van der Waals surface area contributed by atoms with Crippen LogP contribution in [0.1, 0.15) is 49.9 Å². The maximum atomic E-state index is 12.3. The van der Waals surface area contributed by atoms with E-state index in [9.17, 15) is 4.79 Å². The van der Waals surface area contributed by atoms with Crippen molar-refractivity contribution in [2.45, 2.75) is 45.6 Å². The molecular formula is C18H27NO3. The summed E-state index contributed by atoms with van der Waals surface area (Å²) in [7, 11) is 0. The normalized spacial score (nSPS) is 17.7. The molecule has 0 aromatic heterocycles. The minimum absolute atomic E-state index is 0.0632. The SMILES string of the molecule is CC(C)CCCNC(=O)c1ccccc1OCC1CCCO1. The molecule has 4 heteroatoms. The third kappa shape index (κ3) is 5.34. The van der Waals surface area contributed by atoms with Crippen LogP contribution in [0, 0.1) is 5.92 Å². The van der Waals surface area contributed by atoms with Crippen molar-refractivity contribution in [2.24, 2.45) is 5.92 Å². The van der Waals surface area contributed by atoms with Crippen molar-refractivity contribution in [1.29, 1.82) is 0 Å². The van der Waals surface area contributed by atoms with Gasteiger partial charge in [-0.25, -0.2) is 0 Å². The summed E-state index contributed by atoms with van der Waals surface area (Å²) < 4.78 is 11.4. The summed E-state index contributed by atoms with van der Waals surface area (Å²) in [6.07, 6.45) is 4.40. The quantitative estimate of drug-likeness (QED) is 0.749. The minimum atomic E-state index is -0.0632. The summed E-state index contributed by atoms with van der Waals surface area (Å²) in [6, 6.07) is 7.41. The van der Waals surface area contributed by atoms with Crippen molar-refractivity contribution in [3.63, 3.8) is 0 Å². The molecule has 0 aliphatic carbocycles. The number of benzene rings is 1. The molecule has 0 radical (unpaired) electrons. The fourth-order valence-electron chi connectivity index (χ4n) is 2.55. The number of hydrogen-bond donors (Lipinski definition) is 1. The molecule has 1 unspecified atom stereocenters. The Kier molecular flexibility index (Phi) is 6.72. The highest BCUT2D eigenvalue weighted by Crippen LogP contribution is 2.20. The Bertz CT molecular complexity index is 467. The van der Waals surface area contributed by atoms with E-state index >= 15 is 0 Å². The molecule has 1 aromatic carbocycles. The van der Waals surface area contributed by atoms with Crippen LogP contribution in [-0.2, 0) is 4.74 Å². The van der Waals surface area contributed by atoms with Gasteiger partial charge >= 0.3 is 0 Å². The maximum Gasteiger partial charge on any atom is 0.255 e. The topological polar surface area (TPSA) is 47.6 Å². The zero-order valence-corrected chi connectivity index (χ0v) is 13.6. The van der Waals surface area contributed by atoms with E-state index in [1.807, 2.05) is 24.3 Å². The van der Waals surface area contributed by atoms with Crippen LogP contribution < -0.4 is 10.1 Å². The number of hydrogen-bond acceptors (Lipinski definition) is 3. The van der Waals surface area contributed by atoms with E-state index in [0.717, 1.165) is 32.3 Å². The molecule has 1 amide bonds. The number of carbonyl (C=O) groups excluding carboxylic acids is 1. The molecule has 0 spiro atoms. The molecule has 1 atom stereocenters. The molecule has 1 aliphatic heterocycles. The zero-order valence-electron chi connectivity index (χ0n) is 13.6. The summed E-state index contributed by atoms with van der Waals surface area (Å²) in [6.45, 7) is 6.41. The van der Waals surface area contributed by atoms with Gasteiger partial charge in [-0.15, -0.1) is 0 Å². The first kappa shape index (κ1) is 16.8. The van der Waals surface area contributed by atoms with E-state index in [-0.39, 0.29) is 12.0 Å². The monoisotopic (exact) mass is 305 g/mol. The summed E-state index contributed by atoms with van der Waals surface area (Å²) in [5, 5.41) is 2.97. The van der Waals surface area contributed by atoms with Crippen LogP contribution in [0.15, 0.2) is 24.3 Å². The lowest BCUT2D eigenvalue weighted by atomic mass is 10.1. The van der Waals surface area contributed by atoms with Crippen molar-refractivity contribution in [3.05, 3.63) is 29.8 Å². The van der Waals surface area contributed by atoms with Gasteiger partial charge in [-0.05, 0) is 43.7 Å². The summed E-state index contributed by atoms with van der Waals surface area (Å²) in [5.41, 5.74) is 0.602. The van der Waals surface area contributed by atoms with Crippen molar-refractivity contribution < 1.29 is 14.3 Å². The van der Waals surface area contributed by atoms with Crippen molar-refractivity contribution in [1.82, 2.24) is 5.32 Å². The van der Waals surface area contributed by atoms with Crippen molar-refractivity contribution in [2.75, 3.05) is 19.8 Å². The predicted molar refractivity (Wildman–Crippen MR) is 87.3 cm³/mol. The highest BCUT2D eigenvalue weighted by molar-refractivity contribution is 5.96. The Morgan fingerprint density at radius 2 is 2.23 bits per heavy atom. The highest BCUT2D eigenvalue weighted by Gasteiger charge is 2.18. The molecule has 0 bridgehead atoms. The molecule has 1 N–H and O–H groups in total. The van der Waals surface area contributed by atoms with E-state index in [2.05, 4.69) is 19.2 Å². The minimum Gasteiger partial charge on any atom is -0.490 e. The molecule has 0 saturated carbocycles. The Morgan fingerprint density at radius 1 is 1.41 bits per heavy atom. The van der Waals surface area contributed by atoms with Gasteiger partial charge in [-0.2, -0.15) is 0 Å². The largest absolute Gasteiger partial charge is 0.490 e.